The van der Waals surface area contributed by atoms with Crippen LogP contribution in [0.15, 0.2) is 18.2 Å². The van der Waals surface area contributed by atoms with Gasteiger partial charge in [-0.05, 0) is 6.07 Å². The third kappa shape index (κ3) is 2.11. The van der Waals surface area contributed by atoms with E-state index in [0.29, 0.717) is 23.0 Å². The zero-order valence-electron chi connectivity index (χ0n) is 5.37. The molecule has 11 heavy (non-hydrogen) atoms. The number of carbonyl (C=O) groups excluding carboxylic acids is 1. The zero-order chi connectivity index (χ0) is 7.56. The van der Waals surface area contributed by atoms with Gasteiger partial charge in [0.1, 0.15) is 7.85 Å². The molecule has 3 heteroatoms. The van der Waals surface area contributed by atoms with E-state index in [2.05, 4.69) is 0 Å². The first-order chi connectivity index (χ1) is 4.74. The maximum absolute atomic E-state index is 10.2. The number of nitrogens with two attached hydrogens (primary N) is 1. The normalized spacial score (nSPS) is 8.36. The van der Waals surface area contributed by atoms with Crippen molar-refractivity contribution < 1.29 is 4.79 Å². The van der Waals surface area contributed by atoms with E-state index in [0.717, 1.165) is 0 Å². The van der Waals surface area contributed by atoms with Crippen molar-refractivity contribution in [1.82, 2.24) is 0 Å². The first-order valence-electron chi connectivity index (χ1n) is 2.84. The minimum absolute atomic E-state index is 0. The number of anilines is 1. The van der Waals surface area contributed by atoms with E-state index in [1.165, 1.54) is 0 Å². The molecule has 0 heterocycles. The Labute approximate surface area is 67.8 Å². The van der Waals surface area contributed by atoms with Crippen molar-refractivity contribution in [3.8, 4) is 0 Å². The lowest BCUT2D eigenvalue weighted by atomic mass is 9.94. The molecule has 0 spiro atoms. The van der Waals surface area contributed by atoms with Crippen LogP contribution < -0.4 is 11.2 Å². The monoisotopic (exact) mass is 147 g/mol. The molecule has 1 aromatic carbocycles. The van der Waals surface area contributed by atoms with Gasteiger partial charge in [-0.2, -0.15) is 0 Å². The van der Waals surface area contributed by atoms with E-state index in [-0.39, 0.29) is 7.43 Å². The van der Waals surface area contributed by atoms with Crippen LogP contribution >= 0.6 is 0 Å². The fourth-order valence-electron chi connectivity index (χ4n) is 0.695. The molecule has 0 unspecified atom stereocenters. The van der Waals surface area contributed by atoms with E-state index >= 15 is 0 Å². The number of hydrogen-bond donors (Lipinski definition) is 1. The Bertz CT molecular complexity index is 260. The van der Waals surface area contributed by atoms with Crippen LogP contribution in [0.1, 0.15) is 17.8 Å². The molecule has 0 amide bonds. The van der Waals surface area contributed by atoms with E-state index in [9.17, 15) is 4.79 Å². The van der Waals surface area contributed by atoms with Crippen molar-refractivity contribution in [3.05, 3.63) is 23.8 Å². The lowest BCUT2D eigenvalue weighted by Crippen LogP contribution is -2.04. The second kappa shape index (κ2) is 3.81. The van der Waals surface area contributed by atoms with Crippen molar-refractivity contribution in [2.45, 2.75) is 7.43 Å². The van der Waals surface area contributed by atoms with Gasteiger partial charge >= 0.3 is 0 Å². The maximum Gasteiger partial charge on any atom is 0.152 e. The fourth-order valence-corrected chi connectivity index (χ4v) is 0.695. The number of nitrogen functional groups attached to an aromatic ring is 1. The molecule has 2 N–H and O–H groups in total. The van der Waals surface area contributed by atoms with E-state index in [1.807, 2.05) is 0 Å². The average molecular weight is 147 g/mol. The molecule has 0 atom stereocenters. The van der Waals surface area contributed by atoms with Crippen LogP contribution in [-0.4, -0.2) is 14.1 Å². The van der Waals surface area contributed by atoms with Crippen LogP contribution in [0.5, 0.6) is 0 Å². The second-order valence-corrected chi connectivity index (χ2v) is 2.01. The first-order valence-corrected chi connectivity index (χ1v) is 2.84. The van der Waals surface area contributed by atoms with Gasteiger partial charge in [0, 0.05) is 11.3 Å². The predicted octanol–water partition coefficient (Wildman–Crippen LogP) is 0.511. The summed E-state index contributed by atoms with van der Waals surface area (Å²) >= 11 is 0. The van der Waals surface area contributed by atoms with Gasteiger partial charge in [-0.25, -0.2) is 0 Å². The minimum atomic E-state index is 0. The van der Waals surface area contributed by atoms with Crippen molar-refractivity contribution in [3.63, 3.8) is 0 Å². The van der Waals surface area contributed by atoms with Crippen LogP contribution in [0, 0.1) is 0 Å². The lowest BCUT2D eigenvalue weighted by Gasteiger charge is -1.97. The predicted molar refractivity (Wildman–Crippen MR) is 48.4 cm³/mol. The molecule has 0 fully saturated rings. The average Bonchev–Trinajstić information content (AvgIpc) is 1.94. The van der Waals surface area contributed by atoms with Gasteiger partial charge < -0.3 is 5.73 Å². The molecule has 0 aliphatic rings. The quantitative estimate of drug-likeness (QED) is 0.357. The second-order valence-electron chi connectivity index (χ2n) is 2.01. The number of carbonyl (C=O) groups is 1. The highest BCUT2D eigenvalue weighted by Crippen LogP contribution is 2.04. The number of rotatable bonds is 1. The summed E-state index contributed by atoms with van der Waals surface area (Å²) in [4.78, 5) is 10.2. The highest BCUT2D eigenvalue weighted by molar-refractivity contribution is 6.32. The molecule has 2 nitrogen and oxygen atoms in total. The molecule has 1 rings (SSSR count). The van der Waals surface area contributed by atoms with Gasteiger partial charge in [0.05, 0.1) is 0 Å². The van der Waals surface area contributed by atoms with Crippen LogP contribution in [0.3, 0.4) is 0 Å². The minimum Gasteiger partial charge on any atom is -0.398 e. The fraction of sp³-hybridized carbons (Fsp3) is 0.125. The first kappa shape index (κ1) is 9.75. The summed E-state index contributed by atoms with van der Waals surface area (Å²) < 4.78 is 0. The summed E-state index contributed by atoms with van der Waals surface area (Å²) in [6.45, 7) is 0. The summed E-state index contributed by atoms with van der Waals surface area (Å²) in [5.74, 6) is 0. The highest BCUT2D eigenvalue weighted by atomic mass is 16.1. The molecule has 56 valence electrons. The van der Waals surface area contributed by atoms with Crippen LogP contribution in [0.25, 0.3) is 0 Å². The molecule has 0 aliphatic carbocycles. The molecule has 0 aromatic heterocycles. The van der Waals surface area contributed by atoms with Crippen LogP contribution in [0.4, 0.5) is 5.69 Å². The molecule has 0 bridgehead atoms. The summed E-state index contributed by atoms with van der Waals surface area (Å²) in [6.07, 6.45) is 0.686. The summed E-state index contributed by atoms with van der Waals surface area (Å²) in [7, 11) is 5.39. The van der Waals surface area contributed by atoms with E-state index in [4.69, 9.17) is 13.6 Å². The smallest absolute Gasteiger partial charge is 0.152 e. The Hall–Kier alpha value is -1.25. The molecular formula is C8H10BNO. The third-order valence-corrected chi connectivity index (χ3v) is 1.24. The molecular weight excluding hydrogens is 137 g/mol. The Morgan fingerprint density at radius 3 is 2.55 bits per heavy atom. The van der Waals surface area contributed by atoms with Gasteiger partial charge in [-0.3, -0.25) is 4.79 Å². The van der Waals surface area contributed by atoms with Crippen molar-refractivity contribution >= 4 is 25.3 Å². The SMILES string of the molecule is C.[B]c1ccc(N)c(C=O)c1. The number of hydrogen-bond acceptors (Lipinski definition) is 2. The van der Waals surface area contributed by atoms with Crippen molar-refractivity contribution in [2.75, 3.05) is 5.73 Å². The number of benzene rings is 1. The molecule has 2 radical (unpaired) electrons. The summed E-state index contributed by atoms with van der Waals surface area (Å²) in [6, 6.07) is 4.81. The van der Waals surface area contributed by atoms with Crippen LogP contribution in [0.2, 0.25) is 0 Å². The van der Waals surface area contributed by atoms with Gasteiger partial charge in [-0.15, -0.1) is 0 Å². The van der Waals surface area contributed by atoms with Gasteiger partial charge in [0.25, 0.3) is 0 Å². The topological polar surface area (TPSA) is 43.1 Å². The lowest BCUT2D eigenvalue weighted by molar-refractivity contribution is 0.112. The van der Waals surface area contributed by atoms with Gasteiger partial charge in [0.15, 0.2) is 6.29 Å². The molecule has 0 aliphatic heterocycles. The Kier molecular flexibility index (Phi) is 3.38. The summed E-state index contributed by atoms with van der Waals surface area (Å²) in [5, 5.41) is 0. The molecule has 0 saturated heterocycles. The van der Waals surface area contributed by atoms with Gasteiger partial charge in [0.2, 0.25) is 0 Å². The summed E-state index contributed by atoms with van der Waals surface area (Å²) in [5.41, 5.74) is 6.87. The van der Waals surface area contributed by atoms with Crippen LogP contribution in [-0.2, 0) is 0 Å². The third-order valence-electron chi connectivity index (χ3n) is 1.24. The zero-order valence-corrected chi connectivity index (χ0v) is 5.37. The Morgan fingerprint density at radius 2 is 2.09 bits per heavy atom. The van der Waals surface area contributed by atoms with E-state index in [1.54, 1.807) is 18.2 Å². The standard InChI is InChI=1S/C7H6BNO.CH4/c8-6-1-2-7(9)5(3-6)4-10;/h1-4H,9H2;1H4. The number of aldehydes is 1. The van der Waals surface area contributed by atoms with Gasteiger partial charge in [-0.1, -0.05) is 25.0 Å². The maximum atomic E-state index is 10.2. The highest BCUT2D eigenvalue weighted by Gasteiger charge is 1.94. The molecule has 0 saturated carbocycles. The van der Waals surface area contributed by atoms with Crippen molar-refractivity contribution in [2.24, 2.45) is 0 Å². The Balaban J connectivity index is 0.000001000. The van der Waals surface area contributed by atoms with Crippen molar-refractivity contribution in [1.29, 1.82) is 0 Å². The Morgan fingerprint density at radius 1 is 1.45 bits per heavy atom. The largest absolute Gasteiger partial charge is 0.398 e. The van der Waals surface area contributed by atoms with E-state index < -0.39 is 0 Å². The molecule has 1 aromatic rings.